The molecule has 2 aliphatic carbocycles. The fourth-order valence-corrected chi connectivity index (χ4v) is 3.75. The number of rotatable bonds is 4. The lowest BCUT2D eigenvalue weighted by atomic mass is 9.84. The van der Waals surface area contributed by atoms with Crippen molar-refractivity contribution in [1.82, 2.24) is 15.1 Å². The maximum absolute atomic E-state index is 12.1. The molecule has 0 radical (unpaired) electrons. The molecule has 0 aliphatic heterocycles. The van der Waals surface area contributed by atoms with Gasteiger partial charge in [0.05, 0.1) is 13.0 Å². The van der Waals surface area contributed by atoms with Crippen molar-refractivity contribution >= 4 is 11.9 Å². The van der Waals surface area contributed by atoms with Gasteiger partial charge < -0.3 is 10.1 Å². The number of nitrogens with zero attached hydrogens (tertiary/aromatic N) is 2. The van der Waals surface area contributed by atoms with Crippen LogP contribution in [0.4, 0.5) is 0 Å². The van der Waals surface area contributed by atoms with E-state index in [-0.39, 0.29) is 30.4 Å². The van der Waals surface area contributed by atoms with Gasteiger partial charge in [0.1, 0.15) is 6.54 Å². The third-order valence-corrected chi connectivity index (χ3v) is 4.58. The molecule has 1 N–H and O–H groups in total. The van der Waals surface area contributed by atoms with Gasteiger partial charge in [-0.05, 0) is 37.2 Å². The average Bonchev–Trinajstić information content (AvgIpc) is 3.14. The SMILES string of the molecule is COC(=O)C1C2CCC(C2)C1NC(=O)Cn1cccn1. The molecular weight excluding hydrogens is 258 g/mol. The molecule has 6 heteroatoms. The van der Waals surface area contributed by atoms with E-state index in [2.05, 4.69) is 10.4 Å². The lowest BCUT2D eigenvalue weighted by molar-refractivity contribution is -0.148. The first-order valence-electron chi connectivity index (χ1n) is 7.03. The molecule has 2 bridgehead atoms. The summed E-state index contributed by atoms with van der Waals surface area (Å²) in [5, 5.41) is 7.03. The molecule has 0 spiro atoms. The Morgan fingerprint density at radius 1 is 1.40 bits per heavy atom. The van der Waals surface area contributed by atoms with Crippen LogP contribution in [0.15, 0.2) is 18.5 Å². The number of carbonyl (C=O) groups is 2. The van der Waals surface area contributed by atoms with Crippen molar-refractivity contribution in [3.8, 4) is 0 Å². The summed E-state index contributed by atoms with van der Waals surface area (Å²) in [5.41, 5.74) is 0. The maximum atomic E-state index is 12.1. The minimum Gasteiger partial charge on any atom is -0.469 e. The van der Waals surface area contributed by atoms with Gasteiger partial charge in [0.25, 0.3) is 0 Å². The Morgan fingerprint density at radius 2 is 2.20 bits per heavy atom. The van der Waals surface area contributed by atoms with Gasteiger partial charge >= 0.3 is 5.97 Å². The van der Waals surface area contributed by atoms with Crippen LogP contribution in [0.5, 0.6) is 0 Å². The van der Waals surface area contributed by atoms with Crippen LogP contribution in [0, 0.1) is 17.8 Å². The fourth-order valence-electron chi connectivity index (χ4n) is 3.75. The molecule has 20 heavy (non-hydrogen) atoms. The van der Waals surface area contributed by atoms with Crippen LogP contribution in [0.3, 0.4) is 0 Å². The second-order valence-electron chi connectivity index (χ2n) is 5.68. The van der Waals surface area contributed by atoms with E-state index in [0.717, 1.165) is 19.3 Å². The first-order valence-corrected chi connectivity index (χ1v) is 7.03. The Morgan fingerprint density at radius 3 is 2.90 bits per heavy atom. The summed E-state index contributed by atoms with van der Waals surface area (Å²) in [6.07, 6.45) is 6.56. The quantitative estimate of drug-likeness (QED) is 0.817. The largest absolute Gasteiger partial charge is 0.469 e. The van der Waals surface area contributed by atoms with Crippen molar-refractivity contribution in [2.75, 3.05) is 7.11 Å². The summed E-state index contributed by atoms with van der Waals surface area (Å²) in [5.74, 6) is 0.301. The van der Waals surface area contributed by atoms with Gasteiger partial charge in [-0.3, -0.25) is 14.3 Å². The molecule has 4 atom stereocenters. The zero-order valence-electron chi connectivity index (χ0n) is 11.5. The molecule has 1 aromatic heterocycles. The summed E-state index contributed by atoms with van der Waals surface area (Å²) in [4.78, 5) is 24.0. The van der Waals surface area contributed by atoms with Crippen LogP contribution in [0.25, 0.3) is 0 Å². The predicted octanol–water partition coefficient (Wildman–Crippen LogP) is 0.587. The van der Waals surface area contributed by atoms with E-state index in [1.807, 2.05) is 0 Å². The predicted molar refractivity (Wildman–Crippen MR) is 70.5 cm³/mol. The molecule has 1 heterocycles. The third-order valence-electron chi connectivity index (χ3n) is 4.58. The van der Waals surface area contributed by atoms with Crippen LogP contribution >= 0.6 is 0 Å². The highest BCUT2D eigenvalue weighted by atomic mass is 16.5. The molecule has 6 nitrogen and oxygen atoms in total. The van der Waals surface area contributed by atoms with Gasteiger partial charge in [-0.25, -0.2) is 0 Å². The average molecular weight is 277 g/mol. The van der Waals surface area contributed by atoms with Crippen molar-refractivity contribution in [2.24, 2.45) is 17.8 Å². The van der Waals surface area contributed by atoms with Gasteiger partial charge in [-0.1, -0.05) is 0 Å². The van der Waals surface area contributed by atoms with Crippen LogP contribution in [-0.2, 0) is 20.9 Å². The molecule has 0 aromatic carbocycles. The highest BCUT2D eigenvalue weighted by Crippen LogP contribution is 2.48. The number of fused-ring (bicyclic) bond motifs is 2. The van der Waals surface area contributed by atoms with E-state index in [1.54, 1.807) is 23.1 Å². The van der Waals surface area contributed by atoms with Gasteiger partial charge in [-0.15, -0.1) is 0 Å². The van der Waals surface area contributed by atoms with Crippen molar-refractivity contribution < 1.29 is 14.3 Å². The summed E-state index contributed by atoms with van der Waals surface area (Å²) in [7, 11) is 1.41. The van der Waals surface area contributed by atoms with E-state index in [0.29, 0.717) is 11.8 Å². The van der Waals surface area contributed by atoms with E-state index < -0.39 is 0 Å². The van der Waals surface area contributed by atoms with Gasteiger partial charge in [0, 0.05) is 18.4 Å². The van der Waals surface area contributed by atoms with Crippen molar-refractivity contribution in [3.63, 3.8) is 0 Å². The summed E-state index contributed by atoms with van der Waals surface area (Å²) in [6.45, 7) is 0.189. The van der Waals surface area contributed by atoms with Crippen molar-refractivity contribution in [1.29, 1.82) is 0 Å². The number of hydrogen-bond donors (Lipinski definition) is 1. The van der Waals surface area contributed by atoms with E-state index in [4.69, 9.17) is 4.74 Å². The number of hydrogen-bond acceptors (Lipinski definition) is 4. The Kier molecular flexibility index (Phi) is 3.46. The van der Waals surface area contributed by atoms with Crippen LogP contribution in [0.2, 0.25) is 0 Å². The molecule has 1 amide bonds. The lowest BCUT2D eigenvalue weighted by Crippen LogP contribution is -2.48. The Bertz CT molecular complexity index is 500. The fraction of sp³-hybridized carbons (Fsp3) is 0.643. The van der Waals surface area contributed by atoms with E-state index >= 15 is 0 Å². The first kappa shape index (κ1) is 13.1. The minimum atomic E-state index is -0.193. The molecule has 0 saturated heterocycles. The molecule has 4 unspecified atom stereocenters. The summed E-state index contributed by atoms with van der Waals surface area (Å²) < 4.78 is 6.48. The molecule has 2 saturated carbocycles. The zero-order valence-corrected chi connectivity index (χ0v) is 11.5. The Balaban J connectivity index is 1.66. The number of amides is 1. The van der Waals surface area contributed by atoms with Gasteiger partial charge in [-0.2, -0.15) is 5.10 Å². The number of esters is 1. The molecule has 3 rings (SSSR count). The number of aromatic nitrogens is 2. The van der Waals surface area contributed by atoms with Crippen molar-refractivity contribution in [2.45, 2.75) is 31.8 Å². The monoisotopic (exact) mass is 277 g/mol. The second kappa shape index (κ2) is 5.26. The molecular formula is C14H19N3O3. The highest BCUT2D eigenvalue weighted by molar-refractivity contribution is 5.79. The molecule has 108 valence electrons. The number of methoxy groups -OCH3 is 1. The smallest absolute Gasteiger partial charge is 0.311 e. The summed E-state index contributed by atoms with van der Waals surface area (Å²) in [6, 6.07) is 1.70. The van der Waals surface area contributed by atoms with Crippen LogP contribution in [-0.4, -0.2) is 34.8 Å². The number of ether oxygens (including phenoxy) is 1. The zero-order chi connectivity index (χ0) is 14.1. The van der Waals surface area contributed by atoms with Crippen LogP contribution in [0.1, 0.15) is 19.3 Å². The third kappa shape index (κ3) is 2.30. The summed E-state index contributed by atoms with van der Waals surface area (Å²) >= 11 is 0. The lowest BCUT2D eigenvalue weighted by Gasteiger charge is -2.29. The molecule has 2 fully saturated rings. The molecule has 2 aliphatic rings. The number of carbonyl (C=O) groups excluding carboxylic acids is 2. The minimum absolute atomic E-state index is 0.0794. The maximum Gasteiger partial charge on any atom is 0.311 e. The van der Waals surface area contributed by atoms with E-state index in [9.17, 15) is 9.59 Å². The first-order chi connectivity index (χ1) is 9.69. The topological polar surface area (TPSA) is 73.2 Å². The molecule has 1 aromatic rings. The second-order valence-corrected chi connectivity index (χ2v) is 5.68. The Labute approximate surface area is 117 Å². The van der Waals surface area contributed by atoms with Crippen LogP contribution < -0.4 is 5.32 Å². The van der Waals surface area contributed by atoms with Gasteiger partial charge in [0.15, 0.2) is 0 Å². The normalized spacial score (nSPS) is 31.2. The van der Waals surface area contributed by atoms with Crippen molar-refractivity contribution in [3.05, 3.63) is 18.5 Å². The Hall–Kier alpha value is -1.85. The standard InChI is InChI=1S/C14H19N3O3/c1-20-14(19)12-9-3-4-10(7-9)13(12)16-11(18)8-17-6-2-5-15-17/h2,5-6,9-10,12-13H,3-4,7-8H2,1H3,(H,16,18). The van der Waals surface area contributed by atoms with Gasteiger partial charge in [0.2, 0.25) is 5.91 Å². The number of nitrogens with one attached hydrogen (secondary N) is 1. The van der Waals surface area contributed by atoms with E-state index in [1.165, 1.54) is 7.11 Å². The highest BCUT2D eigenvalue weighted by Gasteiger charge is 2.51.